The molecule has 0 aliphatic rings. The van der Waals surface area contributed by atoms with E-state index < -0.39 is 0 Å². The number of hydrogen-bond acceptors (Lipinski definition) is 6. The smallest absolute Gasteiger partial charge is 0.131 e. The first kappa shape index (κ1) is 15.2. The number of aliphatic hydroxyl groups excluding tert-OH is 1. The third kappa shape index (κ3) is 5.00. The molecule has 0 aromatic carbocycles. The standard InChI is InChI=1S/C15H21N5O/c1-11-4-3-5-13(19-11)8-12(2)20-15-9-14(16-6-7-21)17-10-18-15/h3-5,9-10,12,21H,6-8H2,1-2H3,(H2,16,17,18,20). The van der Waals surface area contributed by atoms with Crippen molar-refractivity contribution in [2.24, 2.45) is 0 Å². The fourth-order valence-corrected chi connectivity index (χ4v) is 2.05. The highest BCUT2D eigenvalue weighted by atomic mass is 16.3. The van der Waals surface area contributed by atoms with Gasteiger partial charge in [-0.25, -0.2) is 9.97 Å². The molecule has 2 aromatic rings. The van der Waals surface area contributed by atoms with Gasteiger partial charge in [-0.3, -0.25) is 4.98 Å². The molecular weight excluding hydrogens is 266 g/mol. The van der Waals surface area contributed by atoms with Gasteiger partial charge in [-0.2, -0.15) is 0 Å². The van der Waals surface area contributed by atoms with Gasteiger partial charge in [-0.1, -0.05) is 6.07 Å². The maximum absolute atomic E-state index is 8.80. The maximum Gasteiger partial charge on any atom is 0.131 e. The van der Waals surface area contributed by atoms with Gasteiger partial charge in [-0.15, -0.1) is 0 Å². The molecule has 2 aromatic heterocycles. The largest absolute Gasteiger partial charge is 0.395 e. The Hall–Kier alpha value is -2.21. The predicted molar refractivity (Wildman–Crippen MR) is 83.4 cm³/mol. The SMILES string of the molecule is Cc1cccc(CC(C)Nc2cc(NCCO)ncn2)n1. The normalized spacial score (nSPS) is 12.0. The molecule has 0 aliphatic heterocycles. The molecule has 0 saturated carbocycles. The molecule has 6 heteroatoms. The van der Waals surface area contributed by atoms with Crippen molar-refractivity contribution in [1.29, 1.82) is 0 Å². The zero-order chi connectivity index (χ0) is 15.1. The number of aromatic nitrogens is 3. The molecule has 2 rings (SSSR count). The van der Waals surface area contributed by atoms with Crippen LogP contribution >= 0.6 is 0 Å². The van der Waals surface area contributed by atoms with Crippen LogP contribution in [0.4, 0.5) is 11.6 Å². The highest BCUT2D eigenvalue weighted by Gasteiger charge is 2.06. The van der Waals surface area contributed by atoms with Crippen molar-refractivity contribution in [3.8, 4) is 0 Å². The summed E-state index contributed by atoms with van der Waals surface area (Å²) in [5.41, 5.74) is 2.08. The third-order valence-electron chi connectivity index (χ3n) is 2.94. The summed E-state index contributed by atoms with van der Waals surface area (Å²) < 4.78 is 0. The van der Waals surface area contributed by atoms with E-state index in [9.17, 15) is 0 Å². The van der Waals surface area contributed by atoms with E-state index in [1.165, 1.54) is 6.33 Å². The van der Waals surface area contributed by atoms with Crippen molar-refractivity contribution in [2.45, 2.75) is 26.3 Å². The minimum absolute atomic E-state index is 0.0716. The second-order valence-corrected chi connectivity index (χ2v) is 4.96. The Morgan fingerprint density at radius 1 is 1.24 bits per heavy atom. The average molecular weight is 287 g/mol. The summed E-state index contributed by atoms with van der Waals surface area (Å²) in [7, 11) is 0. The summed E-state index contributed by atoms with van der Waals surface area (Å²) in [5.74, 6) is 1.45. The van der Waals surface area contributed by atoms with Gasteiger partial charge in [0.1, 0.15) is 18.0 Å². The third-order valence-corrected chi connectivity index (χ3v) is 2.94. The van der Waals surface area contributed by atoms with Crippen LogP contribution < -0.4 is 10.6 Å². The molecule has 6 nitrogen and oxygen atoms in total. The van der Waals surface area contributed by atoms with Crippen LogP contribution in [0.25, 0.3) is 0 Å². The summed E-state index contributed by atoms with van der Waals surface area (Å²) in [6, 6.07) is 8.08. The van der Waals surface area contributed by atoms with E-state index in [2.05, 4.69) is 32.5 Å². The molecule has 0 radical (unpaired) electrons. The molecule has 2 heterocycles. The Morgan fingerprint density at radius 2 is 2.05 bits per heavy atom. The summed E-state index contributed by atoms with van der Waals surface area (Å²) >= 11 is 0. The van der Waals surface area contributed by atoms with Gasteiger partial charge in [0, 0.05) is 36.5 Å². The van der Waals surface area contributed by atoms with Crippen LogP contribution in [-0.4, -0.2) is 39.3 Å². The number of nitrogens with one attached hydrogen (secondary N) is 2. The van der Waals surface area contributed by atoms with Crippen LogP contribution in [0.5, 0.6) is 0 Å². The first-order valence-corrected chi connectivity index (χ1v) is 7.03. The Kier molecular flexibility index (Phi) is 5.45. The van der Waals surface area contributed by atoms with Crippen molar-refractivity contribution in [1.82, 2.24) is 15.0 Å². The van der Waals surface area contributed by atoms with Crippen LogP contribution in [0.2, 0.25) is 0 Å². The van der Waals surface area contributed by atoms with Gasteiger partial charge < -0.3 is 15.7 Å². The van der Waals surface area contributed by atoms with Crippen molar-refractivity contribution in [2.75, 3.05) is 23.8 Å². The van der Waals surface area contributed by atoms with Gasteiger partial charge in [0.05, 0.1) is 6.61 Å². The highest BCUT2D eigenvalue weighted by Crippen LogP contribution is 2.11. The lowest BCUT2D eigenvalue weighted by atomic mass is 10.1. The monoisotopic (exact) mass is 287 g/mol. The molecule has 0 fully saturated rings. The van der Waals surface area contributed by atoms with E-state index in [4.69, 9.17) is 5.11 Å². The van der Waals surface area contributed by atoms with Gasteiger partial charge in [-0.05, 0) is 26.0 Å². The van der Waals surface area contributed by atoms with Gasteiger partial charge in [0.25, 0.3) is 0 Å². The summed E-state index contributed by atoms with van der Waals surface area (Å²) in [6.45, 7) is 4.62. The Morgan fingerprint density at radius 3 is 2.81 bits per heavy atom. The van der Waals surface area contributed by atoms with E-state index in [0.29, 0.717) is 12.4 Å². The number of anilines is 2. The van der Waals surface area contributed by atoms with Crippen LogP contribution in [0.15, 0.2) is 30.6 Å². The zero-order valence-electron chi connectivity index (χ0n) is 12.4. The number of pyridine rings is 1. The lowest BCUT2D eigenvalue weighted by Crippen LogP contribution is -2.20. The maximum atomic E-state index is 8.80. The fraction of sp³-hybridized carbons (Fsp3) is 0.400. The number of nitrogens with zero attached hydrogens (tertiary/aromatic N) is 3. The van der Waals surface area contributed by atoms with Crippen LogP contribution in [-0.2, 0) is 6.42 Å². The number of rotatable bonds is 7. The van der Waals surface area contributed by atoms with Gasteiger partial charge >= 0.3 is 0 Å². The van der Waals surface area contributed by atoms with E-state index in [-0.39, 0.29) is 12.6 Å². The number of aryl methyl sites for hydroxylation is 1. The second-order valence-electron chi connectivity index (χ2n) is 4.96. The molecular formula is C15H21N5O. The van der Waals surface area contributed by atoms with Crippen LogP contribution in [0, 0.1) is 6.92 Å². The molecule has 0 saturated heterocycles. The molecule has 0 spiro atoms. The van der Waals surface area contributed by atoms with Crippen molar-refractivity contribution < 1.29 is 5.11 Å². The molecule has 112 valence electrons. The van der Waals surface area contributed by atoms with Crippen LogP contribution in [0.1, 0.15) is 18.3 Å². The summed E-state index contributed by atoms with van der Waals surface area (Å²) in [5, 5.41) is 15.1. The summed E-state index contributed by atoms with van der Waals surface area (Å²) in [4.78, 5) is 12.8. The topological polar surface area (TPSA) is 83.0 Å². The number of hydrogen-bond donors (Lipinski definition) is 3. The quantitative estimate of drug-likeness (QED) is 0.718. The van der Waals surface area contributed by atoms with Gasteiger partial charge in [0.2, 0.25) is 0 Å². The predicted octanol–water partition coefficient (Wildman–Crippen LogP) is 1.63. The number of aliphatic hydroxyl groups is 1. The van der Waals surface area contributed by atoms with E-state index in [0.717, 1.165) is 23.6 Å². The Bertz CT molecular complexity index is 575. The molecule has 3 N–H and O–H groups in total. The van der Waals surface area contributed by atoms with E-state index in [1.54, 1.807) is 0 Å². The highest BCUT2D eigenvalue weighted by molar-refractivity contribution is 5.46. The minimum Gasteiger partial charge on any atom is -0.395 e. The van der Waals surface area contributed by atoms with Crippen molar-refractivity contribution >= 4 is 11.6 Å². The van der Waals surface area contributed by atoms with Crippen LogP contribution in [0.3, 0.4) is 0 Å². The Balaban J connectivity index is 1.94. The molecule has 0 aliphatic carbocycles. The zero-order valence-corrected chi connectivity index (χ0v) is 12.4. The van der Waals surface area contributed by atoms with Gasteiger partial charge in [0.15, 0.2) is 0 Å². The fourth-order valence-electron chi connectivity index (χ4n) is 2.05. The van der Waals surface area contributed by atoms with E-state index in [1.807, 2.05) is 31.2 Å². The first-order valence-electron chi connectivity index (χ1n) is 7.03. The summed E-state index contributed by atoms with van der Waals surface area (Å²) in [6.07, 6.45) is 2.32. The second kappa shape index (κ2) is 7.54. The molecule has 0 bridgehead atoms. The molecule has 0 amide bonds. The Labute approximate surface area is 124 Å². The van der Waals surface area contributed by atoms with Crippen molar-refractivity contribution in [3.05, 3.63) is 42.0 Å². The first-order chi connectivity index (χ1) is 10.2. The molecule has 1 atom stereocenters. The van der Waals surface area contributed by atoms with E-state index >= 15 is 0 Å². The average Bonchev–Trinajstić information content (AvgIpc) is 2.45. The lowest BCUT2D eigenvalue weighted by Gasteiger charge is -2.15. The van der Waals surface area contributed by atoms with Crippen molar-refractivity contribution in [3.63, 3.8) is 0 Å². The molecule has 1 unspecified atom stereocenters. The minimum atomic E-state index is 0.0716. The molecule has 21 heavy (non-hydrogen) atoms. The lowest BCUT2D eigenvalue weighted by molar-refractivity contribution is 0.311.